The third kappa shape index (κ3) is 4.28. The first-order valence-electron chi connectivity index (χ1n) is 8.61. The summed E-state index contributed by atoms with van der Waals surface area (Å²) in [5.74, 6) is 1.49. The first-order valence-corrected chi connectivity index (χ1v) is 8.61. The predicted molar refractivity (Wildman–Crippen MR) is 110 cm³/mol. The predicted octanol–water partition coefficient (Wildman–Crippen LogP) is 2.65. The zero-order valence-corrected chi connectivity index (χ0v) is 16.9. The highest BCUT2D eigenvalue weighted by molar-refractivity contribution is 5.85. The molecule has 0 aliphatic carbocycles. The van der Waals surface area contributed by atoms with Crippen LogP contribution >= 0.6 is 12.4 Å². The van der Waals surface area contributed by atoms with Crippen LogP contribution in [0.15, 0.2) is 41.2 Å². The van der Waals surface area contributed by atoms with Gasteiger partial charge >= 0.3 is 5.69 Å². The zero-order valence-electron chi connectivity index (χ0n) is 16.1. The van der Waals surface area contributed by atoms with E-state index in [0.717, 1.165) is 47.6 Å². The van der Waals surface area contributed by atoms with Gasteiger partial charge in [-0.05, 0) is 48.4 Å². The zero-order chi connectivity index (χ0) is 18.7. The van der Waals surface area contributed by atoms with E-state index in [0.29, 0.717) is 0 Å². The van der Waals surface area contributed by atoms with E-state index < -0.39 is 0 Å². The summed E-state index contributed by atoms with van der Waals surface area (Å²) >= 11 is 0. The summed E-state index contributed by atoms with van der Waals surface area (Å²) < 4.78 is 14.0. The maximum Gasteiger partial charge on any atom is 0.328 e. The molecule has 7 heteroatoms. The Balaban J connectivity index is 0.00000261. The summed E-state index contributed by atoms with van der Waals surface area (Å²) in [6.07, 6.45) is 0.895. The Bertz CT molecular complexity index is 978. The van der Waals surface area contributed by atoms with Crippen molar-refractivity contribution in [3.05, 3.63) is 58.0 Å². The van der Waals surface area contributed by atoms with E-state index in [2.05, 4.69) is 23.5 Å². The van der Waals surface area contributed by atoms with Gasteiger partial charge in [0.1, 0.15) is 0 Å². The lowest BCUT2D eigenvalue weighted by molar-refractivity contribution is 0.354. The molecule has 0 saturated heterocycles. The molecule has 1 N–H and O–H groups in total. The van der Waals surface area contributed by atoms with Crippen LogP contribution in [0.2, 0.25) is 0 Å². The number of halogens is 1. The second-order valence-corrected chi connectivity index (χ2v) is 6.34. The van der Waals surface area contributed by atoms with Crippen molar-refractivity contribution in [3.8, 4) is 11.5 Å². The minimum absolute atomic E-state index is 0. The number of methoxy groups -OCH3 is 2. The molecule has 0 amide bonds. The van der Waals surface area contributed by atoms with Gasteiger partial charge in [0.15, 0.2) is 11.5 Å². The fourth-order valence-electron chi connectivity index (χ4n) is 3.16. The topological polar surface area (TPSA) is 57.4 Å². The van der Waals surface area contributed by atoms with E-state index in [4.69, 9.17) is 9.47 Å². The van der Waals surface area contributed by atoms with Crippen molar-refractivity contribution >= 4 is 23.4 Å². The van der Waals surface area contributed by atoms with Gasteiger partial charge in [-0.15, -0.1) is 12.4 Å². The number of fused-ring (bicyclic) bond motifs is 1. The largest absolute Gasteiger partial charge is 0.493 e. The molecule has 0 aliphatic rings. The smallest absolute Gasteiger partial charge is 0.328 e. The summed E-state index contributed by atoms with van der Waals surface area (Å²) in [6.45, 7) is 1.60. The Morgan fingerprint density at radius 1 is 0.889 bits per heavy atom. The van der Waals surface area contributed by atoms with Crippen LogP contribution < -0.4 is 20.5 Å². The average Bonchev–Trinajstić information content (AvgIpc) is 2.89. The van der Waals surface area contributed by atoms with Crippen molar-refractivity contribution in [1.82, 2.24) is 14.5 Å². The van der Waals surface area contributed by atoms with Crippen molar-refractivity contribution in [3.63, 3.8) is 0 Å². The van der Waals surface area contributed by atoms with Crippen molar-refractivity contribution in [2.24, 2.45) is 14.1 Å². The quantitative estimate of drug-likeness (QED) is 0.629. The lowest BCUT2D eigenvalue weighted by atomic mass is 10.1. The third-order valence-corrected chi connectivity index (χ3v) is 4.70. The average molecular weight is 392 g/mol. The number of benzene rings is 2. The maximum atomic E-state index is 12.0. The SMILES string of the molecule is COc1ccc(CCNCc2ccc3c(c2)n(C)c(=O)n3C)cc1OC.Cl. The number of aryl methyl sites for hydroxylation is 2. The van der Waals surface area contributed by atoms with Crippen LogP contribution in [0.5, 0.6) is 11.5 Å². The highest BCUT2D eigenvalue weighted by Crippen LogP contribution is 2.27. The van der Waals surface area contributed by atoms with Gasteiger partial charge in [-0.1, -0.05) is 12.1 Å². The first-order chi connectivity index (χ1) is 12.5. The number of imidazole rings is 1. The van der Waals surface area contributed by atoms with Crippen molar-refractivity contribution in [1.29, 1.82) is 0 Å². The number of nitrogens with one attached hydrogen (secondary N) is 1. The van der Waals surface area contributed by atoms with E-state index in [1.807, 2.05) is 18.2 Å². The van der Waals surface area contributed by atoms with Crippen molar-refractivity contribution < 1.29 is 9.47 Å². The van der Waals surface area contributed by atoms with Crippen LogP contribution in [-0.4, -0.2) is 29.9 Å². The summed E-state index contributed by atoms with van der Waals surface area (Å²) in [6, 6.07) is 12.1. The maximum absolute atomic E-state index is 12.0. The third-order valence-electron chi connectivity index (χ3n) is 4.70. The van der Waals surface area contributed by atoms with Gasteiger partial charge in [0.25, 0.3) is 0 Å². The van der Waals surface area contributed by atoms with Crippen LogP contribution in [0.25, 0.3) is 11.0 Å². The van der Waals surface area contributed by atoms with Gasteiger partial charge in [0.2, 0.25) is 0 Å². The van der Waals surface area contributed by atoms with Crippen LogP contribution in [-0.2, 0) is 27.1 Å². The molecule has 1 heterocycles. The second kappa shape index (κ2) is 8.97. The van der Waals surface area contributed by atoms with E-state index >= 15 is 0 Å². The van der Waals surface area contributed by atoms with Gasteiger partial charge in [0.05, 0.1) is 25.3 Å². The molecule has 2 aromatic carbocycles. The fraction of sp³-hybridized carbons (Fsp3) is 0.350. The Morgan fingerprint density at radius 3 is 2.26 bits per heavy atom. The fourth-order valence-corrected chi connectivity index (χ4v) is 3.16. The number of rotatable bonds is 7. The standard InChI is InChI=1S/C20H25N3O3.ClH/c1-22-16-7-5-15(11-17(16)23(2)20(22)24)13-21-10-9-14-6-8-18(25-3)19(12-14)26-4;/h5-8,11-12,21H,9-10,13H2,1-4H3;1H. The van der Waals surface area contributed by atoms with Gasteiger partial charge < -0.3 is 14.8 Å². The Labute approximate surface area is 165 Å². The molecular weight excluding hydrogens is 366 g/mol. The lowest BCUT2D eigenvalue weighted by Gasteiger charge is -2.10. The number of nitrogens with zero attached hydrogens (tertiary/aromatic N) is 2. The Hall–Kier alpha value is -2.44. The molecule has 0 unspecified atom stereocenters. The normalized spacial score (nSPS) is 10.7. The minimum atomic E-state index is -0.00133. The second-order valence-electron chi connectivity index (χ2n) is 6.34. The number of aromatic nitrogens is 2. The number of hydrogen-bond acceptors (Lipinski definition) is 4. The highest BCUT2D eigenvalue weighted by Gasteiger charge is 2.08. The molecule has 146 valence electrons. The molecule has 0 radical (unpaired) electrons. The molecule has 6 nitrogen and oxygen atoms in total. The lowest BCUT2D eigenvalue weighted by Crippen LogP contribution is -2.19. The molecule has 0 bridgehead atoms. The number of hydrogen-bond donors (Lipinski definition) is 1. The van der Waals surface area contributed by atoms with E-state index in [1.165, 1.54) is 5.56 Å². The molecule has 3 aromatic rings. The molecular formula is C20H26ClN3O3. The van der Waals surface area contributed by atoms with Crippen molar-refractivity contribution in [2.45, 2.75) is 13.0 Å². The summed E-state index contributed by atoms with van der Waals surface area (Å²) in [4.78, 5) is 12.0. The highest BCUT2D eigenvalue weighted by atomic mass is 35.5. The van der Waals surface area contributed by atoms with Gasteiger partial charge in [-0.25, -0.2) is 4.79 Å². The molecule has 0 aliphatic heterocycles. The Kier molecular flexibility index (Phi) is 6.93. The molecule has 1 aromatic heterocycles. The molecule has 0 fully saturated rings. The summed E-state index contributed by atoms with van der Waals surface area (Å²) in [7, 11) is 6.88. The van der Waals surface area contributed by atoms with Gasteiger partial charge in [-0.2, -0.15) is 0 Å². The van der Waals surface area contributed by atoms with Gasteiger partial charge in [0, 0.05) is 20.6 Å². The van der Waals surface area contributed by atoms with Gasteiger partial charge in [-0.3, -0.25) is 9.13 Å². The monoisotopic (exact) mass is 391 g/mol. The Morgan fingerprint density at radius 2 is 1.56 bits per heavy atom. The molecule has 0 saturated carbocycles. The van der Waals surface area contributed by atoms with Crippen LogP contribution in [0.4, 0.5) is 0 Å². The van der Waals surface area contributed by atoms with Crippen LogP contribution in [0.3, 0.4) is 0 Å². The molecule has 3 rings (SSSR count). The molecule has 27 heavy (non-hydrogen) atoms. The number of ether oxygens (including phenoxy) is 2. The summed E-state index contributed by atoms with van der Waals surface area (Å²) in [5, 5.41) is 3.46. The first kappa shape index (κ1) is 20.9. The molecule has 0 atom stereocenters. The minimum Gasteiger partial charge on any atom is -0.493 e. The summed E-state index contributed by atoms with van der Waals surface area (Å²) in [5.41, 5.74) is 4.25. The van der Waals surface area contributed by atoms with Crippen molar-refractivity contribution in [2.75, 3.05) is 20.8 Å². The van der Waals surface area contributed by atoms with Crippen LogP contribution in [0.1, 0.15) is 11.1 Å². The van der Waals surface area contributed by atoms with E-state index in [1.54, 1.807) is 37.4 Å². The van der Waals surface area contributed by atoms with E-state index in [9.17, 15) is 4.79 Å². The van der Waals surface area contributed by atoms with Crippen LogP contribution in [0, 0.1) is 0 Å². The molecule has 0 spiro atoms. The van der Waals surface area contributed by atoms with E-state index in [-0.39, 0.29) is 18.1 Å².